The molecule has 0 fully saturated rings. The molecule has 20 heavy (non-hydrogen) atoms. The lowest BCUT2D eigenvalue weighted by Gasteiger charge is -2.39. The van der Waals surface area contributed by atoms with Crippen molar-refractivity contribution in [1.29, 1.82) is 0 Å². The number of rotatable bonds is 7. The van der Waals surface area contributed by atoms with Gasteiger partial charge in [0.2, 0.25) is 10.0 Å². The maximum Gasteiger partial charge on any atom is 0.414 e. The van der Waals surface area contributed by atoms with Crippen LogP contribution in [0, 0.1) is 5.41 Å². The molecule has 0 aromatic carbocycles. The zero-order valence-electron chi connectivity index (χ0n) is 12.8. The van der Waals surface area contributed by atoms with Gasteiger partial charge < -0.3 is 4.74 Å². The lowest BCUT2D eigenvalue weighted by atomic mass is 9.81. The van der Waals surface area contributed by atoms with Crippen molar-refractivity contribution in [3.63, 3.8) is 0 Å². The van der Waals surface area contributed by atoms with E-state index in [4.69, 9.17) is 4.74 Å². The van der Waals surface area contributed by atoms with E-state index < -0.39 is 33.8 Å². The molecule has 0 aliphatic heterocycles. The molecule has 0 saturated heterocycles. The van der Waals surface area contributed by atoms with E-state index in [2.05, 4.69) is 0 Å². The van der Waals surface area contributed by atoms with Crippen molar-refractivity contribution in [2.75, 3.05) is 19.9 Å². The largest absolute Gasteiger partial charge is 0.414 e. The predicted molar refractivity (Wildman–Crippen MR) is 71.9 cm³/mol. The van der Waals surface area contributed by atoms with Gasteiger partial charge in [0.25, 0.3) is 0 Å². The average molecular weight is 319 g/mol. The Bertz CT molecular complexity index is 411. The van der Waals surface area contributed by atoms with Crippen LogP contribution in [0.25, 0.3) is 0 Å². The number of alkyl halides is 3. The van der Waals surface area contributed by atoms with Gasteiger partial charge >= 0.3 is 6.18 Å². The Kier molecular flexibility index (Phi) is 6.50. The van der Waals surface area contributed by atoms with Gasteiger partial charge in [0.15, 0.2) is 6.10 Å². The minimum Gasteiger partial charge on any atom is -0.368 e. The second-order valence-corrected chi connectivity index (χ2v) is 7.50. The molecule has 0 heterocycles. The van der Waals surface area contributed by atoms with Gasteiger partial charge in [0.1, 0.15) is 0 Å². The van der Waals surface area contributed by atoms with E-state index in [1.165, 1.54) is 7.05 Å². The number of ether oxygens (including phenoxy) is 1. The number of sulfonamides is 1. The summed E-state index contributed by atoms with van der Waals surface area (Å²) in [6.07, 6.45) is -4.72. The maximum absolute atomic E-state index is 12.4. The first kappa shape index (κ1) is 19.7. The fourth-order valence-corrected chi connectivity index (χ4v) is 2.48. The van der Waals surface area contributed by atoms with Crippen molar-refractivity contribution in [3.05, 3.63) is 0 Å². The van der Waals surface area contributed by atoms with E-state index >= 15 is 0 Å². The van der Waals surface area contributed by atoms with Crippen LogP contribution in [0.1, 0.15) is 34.1 Å². The molecule has 0 N–H and O–H groups in total. The standard InChI is InChI=1S/C12H24F3NO3S/c1-7-11(4,8-19-10(3)12(13,14)15)9(2)16(5)20(6,17)18/h9-10H,7-8H2,1-6H3/t9?,10-,11?/m0/s1. The van der Waals surface area contributed by atoms with Crippen LogP contribution in [-0.4, -0.2) is 51.0 Å². The maximum atomic E-state index is 12.4. The Labute approximate surface area is 119 Å². The van der Waals surface area contributed by atoms with Gasteiger partial charge in [-0.2, -0.15) is 13.2 Å². The Balaban J connectivity index is 4.95. The van der Waals surface area contributed by atoms with Gasteiger partial charge in [-0.1, -0.05) is 13.8 Å². The van der Waals surface area contributed by atoms with Crippen LogP contribution in [0.2, 0.25) is 0 Å². The van der Waals surface area contributed by atoms with Gasteiger partial charge in [-0.15, -0.1) is 0 Å². The summed E-state index contributed by atoms with van der Waals surface area (Å²) in [5, 5.41) is 0. The first-order valence-corrected chi connectivity index (χ1v) is 8.22. The Morgan fingerprint density at radius 3 is 2.00 bits per heavy atom. The molecule has 0 rings (SSSR count). The first-order valence-electron chi connectivity index (χ1n) is 6.37. The van der Waals surface area contributed by atoms with Crippen LogP contribution in [-0.2, 0) is 14.8 Å². The zero-order valence-corrected chi connectivity index (χ0v) is 13.6. The highest BCUT2D eigenvalue weighted by Gasteiger charge is 2.41. The summed E-state index contributed by atoms with van der Waals surface area (Å²) in [5.41, 5.74) is -0.697. The molecule has 0 aromatic rings. The van der Waals surface area contributed by atoms with Crippen LogP contribution < -0.4 is 0 Å². The molecule has 8 heteroatoms. The van der Waals surface area contributed by atoms with E-state index in [0.29, 0.717) is 6.42 Å². The highest BCUT2D eigenvalue weighted by atomic mass is 32.2. The summed E-state index contributed by atoms with van der Waals surface area (Å²) in [7, 11) is -1.99. The molecule has 0 radical (unpaired) electrons. The molecule has 0 spiro atoms. The molecule has 0 amide bonds. The highest BCUT2D eigenvalue weighted by Crippen LogP contribution is 2.32. The monoisotopic (exact) mass is 319 g/mol. The van der Waals surface area contributed by atoms with Crippen molar-refractivity contribution in [2.24, 2.45) is 5.41 Å². The van der Waals surface area contributed by atoms with Gasteiger partial charge in [0, 0.05) is 18.5 Å². The molecule has 0 saturated carbocycles. The molecule has 4 nitrogen and oxygen atoms in total. The molecular formula is C12H24F3NO3S. The van der Waals surface area contributed by atoms with Crippen LogP contribution in [0.15, 0.2) is 0 Å². The highest BCUT2D eigenvalue weighted by molar-refractivity contribution is 7.88. The summed E-state index contributed by atoms with van der Waals surface area (Å²) >= 11 is 0. The quantitative estimate of drug-likeness (QED) is 0.725. The zero-order chi connectivity index (χ0) is 16.4. The third kappa shape index (κ3) is 5.21. The number of hydrogen-bond acceptors (Lipinski definition) is 3. The number of hydrogen-bond donors (Lipinski definition) is 0. The fourth-order valence-electron chi connectivity index (χ4n) is 1.65. The molecule has 122 valence electrons. The van der Waals surface area contributed by atoms with Crippen molar-refractivity contribution >= 4 is 10.0 Å². The smallest absolute Gasteiger partial charge is 0.368 e. The summed E-state index contributed by atoms with van der Waals surface area (Å²) in [6, 6.07) is -0.470. The molecule has 2 unspecified atom stereocenters. The van der Waals surface area contributed by atoms with E-state index in [-0.39, 0.29) is 6.61 Å². The Morgan fingerprint density at radius 1 is 1.25 bits per heavy atom. The van der Waals surface area contributed by atoms with E-state index in [1.54, 1.807) is 20.8 Å². The van der Waals surface area contributed by atoms with Crippen LogP contribution in [0.5, 0.6) is 0 Å². The van der Waals surface area contributed by atoms with Crippen LogP contribution in [0.3, 0.4) is 0 Å². The van der Waals surface area contributed by atoms with Crippen molar-refractivity contribution in [3.8, 4) is 0 Å². The molecule has 0 aliphatic rings. The molecule has 0 bridgehead atoms. The molecule has 0 aromatic heterocycles. The van der Waals surface area contributed by atoms with Gasteiger partial charge in [-0.05, 0) is 20.3 Å². The van der Waals surface area contributed by atoms with E-state index in [1.807, 2.05) is 0 Å². The van der Waals surface area contributed by atoms with Crippen molar-refractivity contribution < 1.29 is 26.3 Å². The van der Waals surface area contributed by atoms with Crippen LogP contribution >= 0.6 is 0 Å². The second kappa shape index (κ2) is 6.62. The van der Waals surface area contributed by atoms with Gasteiger partial charge in [0.05, 0.1) is 12.9 Å². The summed E-state index contributed by atoms with van der Waals surface area (Å²) < 4.78 is 66.5. The van der Waals surface area contributed by atoms with Gasteiger partial charge in [-0.3, -0.25) is 0 Å². The minimum atomic E-state index is -4.42. The third-order valence-corrected chi connectivity index (χ3v) is 5.37. The second-order valence-electron chi connectivity index (χ2n) is 5.46. The normalized spacial score (nSPS) is 19.7. The predicted octanol–water partition coefficient (Wildman–Crippen LogP) is 2.65. The van der Waals surface area contributed by atoms with Crippen LogP contribution in [0.4, 0.5) is 13.2 Å². The fraction of sp³-hybridized carbons (Fsp3) is 1.00. The summed E-state index contributed by atoms with van der Waals surface area (Å²) in [6.45, 7) is 5.98. The van der Waals surface area contributed by atoms with Crippen molar-refractivity contribution in [1.82, 2.24) is 4.31 Å². The van der Waals surface area contributed by atoms with E-state index in [0.717, 1.165) is 17.5 Å². The minimum absolute atomic E-state index is 0.162. The topological polar surface area (TPSA) is 46.6 Å². The summed E-state index contributed by atoms with van der Waals surface area (Å²) in [4.78, 5) is 0. The van der Waals surface area contributed by atoms with E-state index in [9.17, 15) is 21.6 Å². The molecule has 3 atom stereocenters. The first-order chi connectivity index (χ1) is 8.75. The van der Waals surface area contributed by atoms with Gasteiger partial charge in [-0.25, -0.2) is 12.7 Å². The van der Waals surface area contributed by atoms with Crippen molar-refractivity contribution in [2.45, 2.75) is 52.4 Å². The third-order valence-electron chi connectivity index (χ3n) is 4.01. The Morgan fingerprint density at radius 2 is 1.70 bits per heavy atom. The molecular weight excluding hydrogens is 295 g/mol. The lowest BCUT2D eigenvalue weighted by molar-refractivity contribution is -0.222. The average Bonchev–Trinajstić information content (AvgIpc) is 2.31. The lowest BCUT2D eigenvalue weighted by Crippen LogP contribution is -2.48. The molecule has 0 aliphatic carbocycles. The Hall–Kier alpha value is -0.340. The number of halogens is 3. The number of nitrogens with zero attached hydrogens (tertiary/aromatic N) is 1. The SMILES string of the molecule is CCC(C)(CO[C@@H](C)C(F)(F)F)C(C)N(C)S(C)(=O)=O. The summed E-state index contributed by atoms with van der Waals surface area (Å²) in [5.74, 6) is 0.